The second-order valence-electron chi connectivity index (χ2n) is 11.8. The molecule has 2 aromatic heterocycles. The maximum atomic E-state index is 15.8. The van der Waals surface area contributed by atoms with Crippen molar-refractivity contribution >= 4 is 80.6 Å². The van der Waals surface area contributed by atoms with Crippen molar-refractivity contribution in [3.8, 4) is 12.3 Å². The number of carbonyl (C=O) groups is 3. The molecule has 13 nitrogen and oxygen atoms in total. The van der Waals surface area contributed by atoms with Gasteiger partial charge in [0, 0.05) is 59.6 Å². The number of aromatic nitrogens is 2. The number of piperazine rings is 1. The standard InChI is InChI=1S/C34H35FN8O5S3/c1-4-9-41-10-7-27(21-12-22(35)25(13-24(21)41)42-11-8-37-14-20(42)5-2)49-16-19-17-50-32-29(31(45)43(32)30(19)33(46)47)40-28(44)15-38-48-26(6-3)23-18-51-34(36)39-23/h3-4,7,10,12-13,15,18,20,26,29,32,37H,1,5,8-9,11,14,16-17H2,2H3,(H3-,36,39,40,44,46,47)/b38-15-. The van der Waals surface area contributed by atoms with E-state index >= 15 is 4.39 Å². The van der Waals surface area contributed by atoms with Crippen molar-refractivity contribution in [1.82, 2.24) is 20.5 Å². The number of hydrogen-bond donors (Lipinski definition) is 3. The van der Waals surface area contributed by atoms with Crippen molar-refractivity contribution in [2.75, 3.05) is 41.8 Å². The molecule has 3 aliphatic rings. The van der Waals surface area contributed by atoms with Gasteiger partial charge in [-0.1, -0.05) is 24.6 Å². The second kappa shape index (κ2) is 15.7. The van der Waals surface area contributed by atoms with Gasteiger partial charge in [-0.2, -0.15) is 4.57 Å². The molecule has 0 saturated carbocycles. The lowest BCUT2D eigenvalue weighted by Gasteiger charge is -2.50. The number of hydrogen-bond acceptors (Lipinski definition) is 13. The molecule has 3 aromatic rings. The van der Waals surface area contributed by atoms with Crippen LogP contribution in [0.2, 0.25) is 0 Å². The molecule has 17 heteroatoms. The number of nitrogens with one attached hydrogen (secondary N) is 2. The van der Waals surface area contributed by atoms with Crippen molar-refractivity contribution in [3.05, 3.63) is 65.2 Å². The number of nitrogens with zero attached hydrogens (tertiary/aromatic N) is 5. The Morgan fingerprint density at radius 1 is 1.45 bits per heavy atom. The summed E-state index contributed by atoms with van der Waals surface area (Å²) in [4.78, 5) is 51.4. The van der Waals surface area contributed by atoms with Crippen molar-refractivity contribution in [3.63, 3.8) is 0 Å². The number of benzene rings is 1. The van der Waals surface area contributed by atoms with Gasteiger partial charge in [-0.15, -0.1) is 41.3 Å². The first kappa shape index (κ1) is 36.2. The van der Waals surface area contributed by atoms with Gasteiger partial charge >= 0.3 is 0 Å². The van der Waals surface area contributed by atoms with E-state index in [9.17, 15) is 19.5 Å². The molecule has 0 spiro atoms. The summed E-state index contributed by atoms with van der Waals surface area (Å²) in [6.07, 6.45) is 9.89. The van der Waals surface area contributed by atoms with Gasteiger partial charge in [-0.05, 0) is 24.1 Å². The Bertz CT molecular complexity index is 1980. The molecule has 2 fully saturated rings. The summed E-state index contributed by atoms with van der Waals surface area (Å²) in [7, 11) is 0. The maximum absolute atomic E-state index is 15.8. The number of aliphatic carboxylic acids is 1. The number of terminal acetylenes is 1. The molecule has 0 radical (unpaired) electrons. The number of thioether (sulfide) groups is 2. The lowest BCUT2D eigenvalue weighted by Crippen LogP contribution is -2.71. The average Bonchev–Trinajstić information content (AvgIpc) is 3.57. The first-order valence-corrected chi connectivity index (χ1v) is 19.0. The van der Waals surface area contributed by atoms with E-state index in [4.69, 9.17) is 17.0 Å². The molecule has 3 aliphatic heterocycles. The van der Waals surface area contributed by atoms with Gasteiger partial charge in [-0.25, -0.2) is 9.37 Å². The number of carbonyl (C=O) groups excluding carboxylic acids is 3. The van der Waals surface area contributed by atoms with Crippen molar-refractivity contribution in [2.24, 2.45) is 5.16 Å². The fourth-order valence-electron chi connectivity index (χ4n) is 6.27. The fraction of sp³-hybridized carbons (Fsp3) is 0.353. The SMILES string of the molecule is C#CC(O/N=C\C(=O)NC1C(=O)N2C(C(=O)[O-])=C(CSc3cc[n+](CC=C)c4cc(N5CCNCC5CC)c(F)cc34)CSC12)c1csc(N)n1. The van der Waals surface area contributed by atoms with Gasteiger partial charge in [0.25, 0.3) is 11.8 Å². The van der Waals surface area contributed by atoms with Crippen LogP contribution in [0.1, 0.15) is 25.1 Å². The smallest absolute Gasteiger partial charge is 0.266 e. The summed E-state index contributed by atoms with van der Waals surface area (Å²) in [5, 5.41) is 23.9. The molecule has 0 aliphatic carbocycles. The van der Waals surface area contributed by atoms with E-state index in [0.29, 0.717) is 40.6 Å². The number of allylic oxidation sites excluding steroid dienone is 1. The number of oxime groups is 1. The third-order valence-corrected chi connectivity index (χ3v) is 11.9. The van der Waals surface area contributed by atoms with Gasteiger partial charge in [0.05, 0.1) is 22.7 Å². The molecule has 4 unspecified atom stereocenters. The number of carboxylic acid groups (broad SMARTS) is 1. The minimum atomic E-state index is -1.49. The molecule has 5 heterocycles. The summed E-state index contributed by atoms with van der Waals surface area (Å²) in [5.74, 6) is -0.311. The number of pyridine rings is 1. The number of amides is 2. The van der Waals surface area contributed by atoms with Crippen LogP contribution in [0.3, 0.4) is 0 Å². The van der Waals surface area contributed by atoms with Gasteiger partial charge in [0.2, 0.25) is 11.6 Å². The van der Waals surface area contributed by atoms with Crippen molar-refractivity contribution in [1.29, 1.82) is 0 Å². The Kier molecular flexibility index (Phi) is 11.2. The van der Waals surface area contributed by atoms with Crippen LogP contribution >= 0.6 is 34.9 Å². The van der Waals surface area contributed by atoms with E-state index in [1.54, 1.807) is 17.5 Å². The van der Waals surface area contributed by atoms with Crippen LogP contribution in [-0.4, -0.2) is 82.5 Å². The number of rotatable bonds is 13. The van der Waals surface area contributed by atoms with E-state index in [-0.39, 0.29) is 29.1 Å². The number of anilines is 2. The summed E-state index contributed by atoms with van der Waals surface area (Å²) < 4.78 is 17.8. The molecule has 6 rings (SSSR count). The normalized spacial score (nSPS) is 20.9. The summed E-state index contributed by atoms with van der Waals surface area (Å²) in [6, 6.07) is 4.48. The van der Waals surface area contributed by atoms with E-state index in [1.165, 1.54) is 34.9 Å². The van der Waals surface area contributed by atoms with E-state index in [2.05, 4.69) is 45.1 Å². The predicted molar refractivity (Wildman–Crippen MR) is 194 cm³/mol. The molecule has 2 saturated heterocycles. The van der Waals surface area contributed by atoms with Gasteiger partial charge < -0.3 is 36.0 Å². The molecule has 51 heavy (non-hydrogen) atoms. The first-order chi connectivity index (χ1) is 24.6. The molecule has 4 N–H and O–H groups in total. The monoisotopic (exact) mass is 750 g/mol. The minimum Gasteiger partial charge on any atom is -0.543 e. The molecular formula is C34H35FN8O5S3. The summed E-state index contributed by atoms with van der Waals surface area (Å²) in [5.41, 5.74) is 7.62. The van der Waals surface area contributed by atoms with Crippen LogP contribution in [0.5, 0.6) is 0 Å². The number of halogens is 1. The maximum Gasteiger partial charge on any atom is 0.266 e. The zero-order chi connectivity index (χ0) is 36.2. The van der Waals surface area contributed by atoms with Crippen LogP contribution in [0, 0.1) is 18.2 Å². The highest BCUT2D eigenvalue weighted by Crippen LogP contribution is 2.42. The second-order valence-corrected chi connectivity index (χ2v) is 14.8. The Balaban J connectivity index is 1.17. The van der Waals surface area contributed by atoms with Crippen molar-refractivity contribution < 1.29 is 33.3 Å². The third-order valence-electron chi connectivity index (χ3n) is 8.74. The van der Waals surface area contributed by atoms with Crippen LogP contribution in [0.25, 0.3) is 10.9 Å². The number of β-lactam (4-membered cyclic amide) rings is 1. The highest BCUT2D eigenvalue weighted by molar-refractivity contribution is 8.01. The molecule has 266 valence electrons. The quantitative estimate of drug-likeness (QED) is 0.0441. The average molecular weight is 751 g/mol. The lowest BCUT2D eigenvalue weighted by molar-refractivity contribution is -0.661. The lowest BCUT2D eigenvalue weighted by atomic mass is 10.0. The minimum absolute atomic E-state index is 0.166. The summed E-state index contributed by atoms with van der Waals surface area (Å²) >= 11 is 3.85. The first-order valence-electron chi connectivity index (χ1n) is 16.1. The molecule has 2 amide bonds. The highest BCUT2D eigenvalue weighted by Gasteiger charge is 2.52. The van der Waals surface area contributed by atoms with Gasteiger partial charge in [0.15, 0.2) is 17.9 Å². The number of nitrogen functional groups attached to an aromatic ring is 1. The number of carboxylic acids is 1. The Hall–Kier alpha value is -4.63. The van der Waals surface area contributed by atoms with Crippen LogP contribution < -0.4 is 30.9 Å². The zero-order valence-electron chi connectivity index (χ0n) is 27.5. The van der Waals surface area contributed by atoms with Gasteiger partial charge in [-0.3, -0.25) is 14.5 Å². The van der Waals surface area contributed by atoms with Crippen molar-refractivity contribution in [2.45, 2.75) is 48.3 Å². The van der Waals surface area contributed by atoms with Crippen LogP contribution in [0.4, 0.5) is 15.2 Å². The van der Waals surface area contributed by atoms with Gasteiger partial charge in [0.1, 0.15) is 29.1 Å². The zero-order valence-corrected chi connectivity index (χ0v) is 30.0. The number of nitrogens with two attached hydrogens (primary N) is 1. The van der Waals surface area contributed by atoms with E-state index in [1.807, 2.05) is 22.9 Å². The van der Waals surface area contributed by atoms with E-state index in [0.717, 1.165) is 41.0 Å². The molecule has 4 atom stereocenters. The number of fused-ring (bicyclic) bond motifs is 2. The molecular weight excluding hydrogens is 716 g/mol. The Labute approximate surface area is 306 Å². The number of thiazole rings is 1. The summed E-state index contributed by atoms with van der Waals surface area (Å²) in [6.45, 7) is 8.71. The highest BCUT2D eigenvalue weighted by atomic mass is 32.2. The Morgan fingerprint density at radius 3 is 2.98 bits per heavy atom. The largest absolute Gasteiger partial charge is 0.543 e. The molecule has 1 aromatic carbocycles. The molecule has 0 bridgehead atoms. The van der Waals surface area contributed by atoms with Crippen LogP contribution in [0.15, 0.2) is 63.8 Å². The van der Waals surface area contributed by atoms with Crippen LogP contribution in [-0.2, 0) is 25.8 Å². The predicted octanol–water partition coefficient (Wildman–Crippen LogP) is 1.55. The third kappa shape index (κ3) is 7.40. The Morgan fingerprint density at radius 2 is 2.27 bits per heavy atom. The topological polar surface area (TPSA) is 169 Å². The van der Waals surface area contributed by atoms with E-state index < -0.39 is 35.3 Å². The fourth-order valence-corrected chi connectivity index (χ4v) is 9.36.